The van der Waals surface area contributed by atoms with Crippen molar-refractivity contribution in [1.82, 2.24) is 9.21 Å². The minimum Gasteiger partial charge on any atom is -0.371 e. The summed E-state index contributed by atoms with van der Waals surface area (Å²) in [5.41, 5.74) is 1.59. The van der Waals surface area contributed by atoms with Crippen molar-refractivity contribution in [2.75, 3.05) is 45.2 Å². The lowest BCUT2D eigenvalue weighted by Crippen LogP contribution is -2.39. The van der Waals surface area contributed by atoms with Crippen molar-refractivity contribution in [3.05, 3.63) is 58.1 Å². The van der Waals surface area contributed by atoms with Gasteiger partial charge in [-0.3, -0.25) is 4.79 Å². The number of carbonyl (C=O) groups excluding carboxylic acids is 1. The molecule has 2 aliphatic heterocycles. The van der Waals surface area contributed by atoms with E-state index in [9.17, 15) is 13.2 Å². The van der Waals surface area contributed by atoms with Crippen LogP contribution in [0.25, 0.3) is 0 Å². The summed E-state index contributed by atoms with van der Waals surface area (Å²) in [6.07, 6.45) is 5.16. The Hall–Kier alpha value is -1.80. The molecule has 2 aliphatic rings. The monoisotopic (exact) mass is 537 g/mol. The molecule has 0 N–H and O–H groups in total. The summed E-state index contributed by atoms with van der Waals surface area (Å²) in [4.78, 5) is 16.4. The first kappa shape index (κ1) is 26.3. The number of hydrogen-bond acceptors (Lipinski definition) is 4. The zero-order valence-electron chi connectivity index (χ0n) is 20.3. The van der Waals surface area contributed by atoms with Crippen molar-refractivity contribution >= 4 is 44.8 Å². The van der Waals surface area contributed by atoms with Crippen LogP contribution in [0.1, 0.15) is 42.5 Å². The van der Waals surface area contributed by atoms with Crippen LogP contribution in [-0.4, -0.2) is 63.8 Å². The molecule has 0 atom stereocenters. The normalized spacial score (nSPS) is 18.6. The van der Waals surface area contributed by atoms with E-state index in [1.54, 1.807) is 36.6 Å². The van der Waals surface area contributed by atoms with Gasteiger partial charge in [-0.2, -0.15) is 4.31 Å². The largest absolute Gasteiger partial charge is 0.371 e. The maximum absolute atomic E-state index is 13.0. The number of piperidine rings is 2. The molecule has 2 fully saturated rings. The molecule has 0 unspecified atom stereocenters. The third-order valence-electron chi connectivity index (χ3n) is 7.24. The highest BCUT2D eigenvalue weighted by molar-refractivity contribution is 7.89. The number of nitrogens with zero attached hydrogens (tertiary/aromatic N) is 3. The molecule has 9 heteroatoms. The number of anilines is 1. The average Bonchev–Trinajstić information content (AvgIpc) is 2.84. The summed E-state index contributed by atoms with van der Waals surface area (Å²) in [5.74, 6) is 1.12. The SMILES string of the molecule is CN(C)C(=O)c1ccc(N2CCC(CC3CCN(S(=O)(=O)c4cccc(Cl)c4)CC3)CC2)cc1Cl. The van der Waals surface area contributed by atoms with E-state index in [0.29, 0.717) is 40.5 Å². The fourth-order valence-electron chi connectivity index (χ4n) is 5.18. The molecule has 0 radical (unpaired) electrons. The Bertz CT molecular complexity index is 1160. The van der Waals surface area contributed by atoms with Crippen molar-refractivity contribution in [3.63, 3.8) is 0 Å². The molecule has 0 saturated carbocycles. The van der Waals surface area contributed by atoms with Crippen LogP contribution in [0.3, 0.4) is 0 Å². The Morgan fingerprint density at radius 3 is 2.14 bits per heavy atom. The molecule has 2 saturated heterocycles. The molecule has 0 aromatic heterocycles. The van der Waals surface area contributed by atoms with Crippen LogP contribution in [0.5, 0.6) is 0 Å². The Morgan fingerprint density at radius 2 is 1.57 bits per heavy atom. The Morgan fingerprint density at radius 1 is 0.943 bits per heavy atom. The maximum Gasteiger partial charge on any atom is 0.254 e. The van der Waals surface area contributed by atoms with Gasteiger partial charge in [-0.1, -0.05) is 29.3 Å². The van der Waals surface area contributed by atoms with Crippen LogP contribution in [0.4, 0.5) is 5.69 Å². The fourth-order valence-corrected chi connectivity index (χ4v) is 7.20. The fraction of sp³-hybridized carbons (Fsp3) is 0.500. The molecule has 1 amide bonds. The van der Waals surface area contributed by atoms with Gasteiger partial charge in [0.25, 0.3) is 5.91 Å². The third-order valence-corrected chi connectivity index (χ3v) is 9.69. The van der Waals surface area contributed by atoms with Gasteiger partial charge in [-0.05, 0) is 80.3 Å². The maximum atomic E-state index is 13.0. The molecule has 0 aliphatic carbocycles. The van der Waals surface area contributed by atoms with E-state index in [2.05, 4.69) is 4.90 Å². The van der Waals surface area contributed by atoms with Crippen LogP contribution < -0.4 is 4.90 Å². The summed E-state index contributed by atoms with van der Waals surface area (Å²) < 4.78 is 27.5. The highest BCUT2D eigenvalue weighted by Gasteiger charge is 2.31. The summed E-state index contributed by atoms with van der Waals surface area (Å²) in [6, 6.07) is 12.2. The highest BCUT2D eigenvalue weighted by atomic mass is 35.5. The number of sulfonamides is 1. The van der Waals surface area contributed by atoms with Gasteiger partial charge < -0.3 is 9.80 Å². The zero-order chi connectivity index (χ0) is 25.2. The highest BCUT2D eigenvalue weighted by Crippen LogP contribution is 2.34. The van der Waals surface area contributed by atoms with E-state index >= 15 is 0 Å². The first-order chi connectivity index (χ1) is 16.6. The van der Waals surface area contributed by atoms with E-state index in [4.69, 9.17) is 23.2 Å². The van der Waals surface area contributed by atoms with Gasteiger partial charge in [-0.25, -0.2) is 8.42 Å². The minimum atomic E-state index is -3.49. The van der Waals surface area contributed by atoms with E-state index in [1.807, 2.05) is 18.2 Å². The summed E-state index contributed by atoms with van der Waals surface area (Å²) in [6.45, 7) is 3.05. The Balaban J connectivity index is 1.27. The smallest absolute Gasteiger partial charge is 0.254 e. The van der Waals surface area contributed by atoms with Gasteiger partial charge in [0.2, 0.25) is 10.0 Å². The van der Waals surface area contributed by atoms with Crippen molar-refractivity contribution in [1.29, 1.82) is 0 Å². The number of benzene rings is 2. The lowest BCUT2D eigenvalue weighted by molar-refractivity contribution is 0.0828. The first-order valence-electron chi connectivity index (χ1n) is 12.2. The standard InChI is InChI=1S/C26H33Cl2N3O3S/c1-29(2)26(32)24-7-6-22(18-25(24)28)30-12-8-19(9-13-30)16-20-10-14-31(15-11-20)35(33,34)23-5-3-4-21(27)17-23/h3-7,17-20H,8-16H2,1-2H3. The van der Waals surface area contributed by atoms with E-state index in [-0.39, 0.29) is 10.8 Å². The quantitative estimate of drug-likeness (QED) is 0.494. The second-order valence-corrected chi connectivity index (χ2v) is 12.6. The lowest BCUT2D eigenvalue weighted by atomic mass is 9.83. The number of carbonyl (C=O) groups is 1. The lowest BCUT2D eigenvalue weighted by Gasteiger charge is -2.37. The van der Waals surface area contributed by atoms with Gasteiger partial charge in [0.15, 0.2) is 0 Å². The number of halogens is 2. The van der Waals surface area contributed by atoms with Crippen molar-refractivity contribution in [2.45, 2.75) is 37.0 Å². The molecule has 0 spiro atoms. The zero-order valence-corrected chi connectivity index (χ0v) is 22.6. The molecular formula is C26H33Cl2N3O3S. The van der Waals surface area contributed by atoms with E-state index in [0.717, 1.165) is 50.9 Å². The van der Waals surface area contributed by atoms with Crippen LogP contribution in [0.2, 0.25) is 10.0 Å². The second kappa shape index (κ2) is 11.1. The topological polar surface area (TPSA) is 60.9 Å². The van der Waals surface area contributed by atoms with Gasteiger partial charge in [0.1, 0.15) is 0 Å². The summed E-state index contributed by atoms with van der Waals surface area (Å²) in [7, 11) is -0.0449. The minimum absolute atomic E-state index is 0.0910. The van der Waals surface area contributed by atoms with Gasteiger partial charge >= 0.3 is 0 Å². The molecule has 35 heavy (non-hydrogen) atoms. The molecule has 190 valence electrons. The molecule has 2 heterocycles. The molecule has 6 nitrogen and oxygen atoms in total. The van der Waals surface area contributed by atoms with Gasteiger partial charge in [-0.15, -0.1) is 0 Å². The van der Waals surface area contributed by atoms with Gasteiger partial charge in [0.05, 0.1) is 15.5 Å². The van der Waals surface area contributed by atoms with Gasteiger partial charge in [0, 0.05) is 51.0 Å². The first-order valence-corrected chi connectivity index (χ1v) is 14.4. The van der Waals surface area contributed by atoms with E-state index in [1.165, 1.54) is 11.0 Å². The predicted octanol–water partition coefficient (Wildman–Crippen LogP) is 5.40. The summed E-state index contributed by atoms with van der Waals surface area (Å²) in [5, 5.41) is 0.926. The number of amides is 1. The van der Waals surface area contributed by atoms with Crippen molar-refractivity contribution in [3.8, 4) is 0 Å². The molecule has 0 bridgehead atoms. The van der Waals surface area contributed by atoms with Crippen LogP contribution in [0.15, 0.2) is 47.4 Å². The molecular weight excluding hydrogens is 505 g/mol. The van der Waals surface area contributed by atoms with Crippen molar-refractivity contribution < 1.29 is 13.2 Å². The predicted molar refractivity (Wildman–Crippen MR) is 142 cm³/mol. The summed E-state index contributed by atoms with van der Waals surface area (Å²) >= 11 is 12.4. The molecule has 4 rings (SSSR count). The number of hydrogen-bond donors (Lipinski definition) is 0. The van der Waals surface area contributed by atoms with Crippen LogP contribution in [-0.2, 0) is 10.0 Å². The van der Waals surface area contributed by atoms with Crippen molar-refractivity contribution in [2.24, 2.45) is 11.8 Å². The Labute approximate surface area is 218 Å². The molecule has 2 aromatic carbocycles. The average molecular weight is 539 g/mol. The van der Waals surface area contributed by atoms with Crippen LogP contribution in [0, 0.1) is 11.8 Å². The molecule has 2 aromatic rings. The van der Waals surface area contributed by atoms with Crippen LogP contribution >= 0.6 is 23.2 Å². The number of rotatable bonds is 6. The Kier molecular flexibility index (Phi) is 8.31. The second-order valence-electron chi connectivity index (χ2n) is 9.83. The third kappa shape index (κ3) is 6.13. The van der Waals surface area contributed by atoms with E-state index < -0.39 is 10.0 Å².